The topological polar surface area (TPSA) is 95.9 Å². The fourth-order valence-corrected chi connectivity index (χ4v) is 1.52. The van der Waals surface area contributed by atoms with Crippen LogP contribution >= 0.6 is 0 Å². The average molecular weight is 183 g/mol. The molecule has 1 saturated heterocycles. The minimum atomic E-state index is -4.26. The summed E-state index contributed by atoms with van der Waals surface area (Å²) in [7, 11) is -4.26. The largest absolute Gasteiger partial charge is 0.366 e. The first-order valence-electron chi connectivity index (χ1n) is 3.01. The monoisotopic (exact) mass is 183 g/mol. The van der Waals surface area contributed by atoms with Crippen LogP contribution in [-0.2, 0) is 14.9 Å². The van der Waals surface area contributed by atoms with E-state index in [4.69, 9.17) is 9.66 Å². The third kappa shape index (κ3) is 2.11. The van der Waals surface area contributed by atoms with Gasteiger partial charge in [-0.15, -0.1) is 0 Å². The molecule has 0 radical (unpaired) electrons. The first-order valence-corrected chi connectivity index (χ1v) is 4.51. The van der Waals surface area contributed by atoms with Crippen LogP contribution in [0.5, 0.6) is 0 Å². The van der Waals surface area contributed by atoms with E-state index >= 15 is 0 Å². The van der Waals surface area contributed by atoms with Crippen LogP contribution in [-0.4, -0.2) is 42.9 Å². The van der Waals surface area contributed by atoms with Crippen molar-refractivity contribution in [1.29, 1.82) is 0 Å². The molecule has 0 aliphatic carbocycles. The summed E-state index contributed by atoms with van der Waals surface area (Å²) in [6, 6.07) is 0. The average Bonchev–Trinajstić information content (AvgIpc) is 1.86. The van der Waals surface area contributed by atoms with Crippen molar-refractivity contribution in [2.75, 3.05) is 13.2 Å². The summed E-state index contributed by atoms with van der Waals surface area (Å²) in [4.78, 5) is 0. The molecule has 1 fully saturated rings. The standard InChI is InChI=1S/C4H9NO5S/c6-4-3(11(7,8)9)5-1-2-10-4/h3-6H,1-2H2,(H,7,8,9). The van der Waals surface area contributed by atoms with Crippen molar-refractivity contribution in [2.45, 2.75) is 11.7 Å². The van der Waals surface area contributed by atoms with Crippen molar-refractivity contribution in [3.05, 3.63) is 0 Å². The molecule has 0 spiro atoms. The predicted molar refractivity (Wildman–Crippen MR) is 35.3 cm³/mol. The van der Waals surface area contributed by atoms with Crippen molar-refractivity contribution in [3.8, 4) is 0 Å². The maximum atomic E-state index is 10.4. The number of ether oxygens (including phenoxy) is 1. The molecular formula is C4H9NO5S. The number of nitrogens with one attached hydrogen (secondary N) is 1. The second kappa shape index (κ2) is 3.03. The smallest absolute Gasteiger partial charge is 0.286 e. The molecule has 66 valence electrons. The number of morpholine rings is 1. The Balaban J connectivity index is 2.70. The quantitative estimate of drug-likeness (QED) is 0.412. The molecule has 0 aromatic heterocycles. The first kappa shape index (κ1) is 8.88. The van der Waals surface area contributed by atoms with Gasteiger partial charge in [0.05, 0.1) is 6.61 Å². The summed E-state index contributed by atoms with van der Waals surface area (Å²) >= 11 is 0. The highest BCUT2D eigenvalue weighted by Gasteiger charge is 2.33. The van der Waals surface area contributed by atoms with Crippen LogP contribution in [0.15, 0.2) is 0 Å². The summed E-state index contributed by atoms with van der Waals surface area (Å²) in [5, 5.41) is 9.86. The van der Waals surface area contributed by atoms with Crippen LogP contribution in [0.3, 0.4) is 0 Å². The third-order valence-corrected chi connectivity index (χ3v) is 2.36. The predicted octanol–water partition coefficient (Wildman–Crippen LogP) is -1.86. The van der Waals surface area contributed by atoms with Gasteiger partial charge in [0.15, 0.2) is 11.7 Å². The van der Waals surface area contributed by atoms with Gasteiger partial charge in [0.1, 0.15) is 0 Å². The van der Waals surface area contributed by atoms with Crippen LogP contribution in [0.2, 0.25) is 0 Å². The summed E-state index contributed by atoms with van der Waals surface area (Å²) in [5.74, 6) is 0. The van der Waals surface area contributed by atoms with E-state index in [-0.39, 0.29) is 6.61 Å². The highest BCUT2D eigenvalue weighted by Crippen LogP contribution is 2.06. The van der Waals surface area contributed by atoms with Gasteiger partial charge in [0.25, 0.3) is 10.1 Å². The van der Waals surface area contributed by atoms with E-state index in [1.54, 1.807) is 0 Å². The van der Waals surface area contributed by atoms with E-state index in [9.17, 15) is 8.42 Å². The Morgan fingerprint density at radius 3 is 2.55 bits per heavy atom. The molecule has 7 heteroatoms. The lowest BCUT2D eigenvalue weighted by molar-refractivity contribution is -0.123. The SMILES string of the molecule is O=S(=O)(O)C1NCCOC1O. The Bertz CT molecular complexity index is 225. The van der Waals surface area contributed by atoms with Crippen molar-refractivity contribution in [1.82, 2.24) is 5.32 Å². The van der Waals surface area contributed by atoms with Gasteiger partial charge in [-0.3, -0.25) is 9.87 Å². The Labute approximate surface area is 63.9 Å². The molecule has 1 rings (SSSR count). The van der Waals surface area contributed by atoms with Gasteiger partial charge in [0, 0.05) is 6.54 Å². The highest BCUT2D eigenvalue weighted by molar-refractivity contribution is 7.86. The summed E-state index contributed by atoms with van der Waals surface area (Å²) in [5.41, 5.74) is 0. The molecule has 6 nitrogen and oxygen atoms in total. The summed E-state index contributed by atoms with van der Waals surface area (Å²) < 4.78 is 34.0. The lowest BCUT2D eigenvalue weighted by Gasteiger charge is -2.26. The minimum Gasteiger partial charge on any atom is -0.366 e. The van der Waals surface area contributed by atoms with E-state index in [0.29, 0.717) is 6.54 Å². The molecule has 2 atom stereocenters. The summed E-state index contributed by atoms with van der Waals surface area (Å²) in [6.45, 7) is 0.523. The van der Waals surface area contributed by atoms with Gasteiger partial charge in [0.2, 0.25) is 0 Å². The number of rotatable bonds is 1. The van der Waals surface area contributed by atoms with E-state index in [0.717, 1.165) is 0 Å². The van der Waals surface area contributed by atoms with Crippen LogP contribution in [0.4, 0.5) is 0 Å². The van der Waals surface area contributed by atoms with Crippen molar-refractivity contribution >= 4 is 10.1 Å². The number of hydrogen-bond donors (Lipinski definition) is 3. The zero-order valence-electron chi connectivity index (χ0n) is 5.60. The second-order valence-electron chi connectivity index (χ2n) is 2.15. The van der Waals surface area contributed by atoms with Crippen molar-refractivity contribution in [2.24, 2.45) is 0 Å². The van der Waals surface area contributed by atoms with Gasteiger partial charge >= 0.3 is 0 Å². The van der Waals surface area contributed by atoms with E-state index < -0.39 is 21.8 Å². The number of hydrogen-bond acceptors (Lipinski definition) is 5. The number of aliphatic hydroxyl groups excluding tert-OH is 1. The molecule has 1 heterocycles. The molecule has 0 saturated carbocycles. The lowest BCUT2D eigenvalue weighted by Crippen LogP contribution is -2.52. The van der Waals surface area contributed by atoms with Gasteiger partial charge in [-0.1, -0.05) is 0 Å². The molecule has 0 aromatic carbocycles. The highest BCUT2D eigenvalue weighted by atomic mass is 32.2. The Morgan fingerprint density at radius 2 is 2.18 bits per heavy atom. The zero-order chi connectivity index (χ0) is 8.48. The molecule has 0 bridgehead atoms. The normalized spacial score (nSPS) is 33.6. The van der Waals surface area contributed by atoms with Gasteiger partial charge in [-0.25, -0.2) is 0 Å². The molecule has 1 aliphatic heterocycles. The Hall–Kier alpha value is -0.210. The molecule has 0 amide bonds. The van der Waals surface area contributed by atoms with Gasteiger partial charge in [-0.05, 0) is 0 Å². The minimum absolute atomic E-state index is 0.229. The lowest BCUT2D eigenvalue weighted by atomic mass is 10.5. The van der Waals surface area contributed by atoms with Crippen molar-refractivity contribution in [3.63, 3.8) is 0 Å². The molecule has 0 aromatic rings. The van der Waals surface area contributed by atoms with E-state index in [1.807, 2.05) is 0 Å². The van der Waals surface area contributed by atoms with Crippen LogP contribution in [0, 0.1) is 0 Å². The van der Waals surface area contributed by atoms with Crippen LogP contribution in [0.25, 0.3) is 0 Å². The summed E-state index contributed by atoms with van der Waals surface area (Å²) in [6.07, 6.45) is -1.49. The van der Waals surface area contributed by atoms with Crippen LogP contribution < -0.4 is 5.32 Å². The number of aliphatic hydroxyl groups is 1. The molecule has 1 aliphatic rings. The second-order valence-corrected chi connectivity index (χ2v) is 3.69. The fourth-order valence-electron chi connectivity index (χ4n) is 0.821. The fraction of sp³-hybridized carbons (Fsp3) is 1.00. The first-order chi connectivity index (χ1) is 5.02. The molecule has 2 unspecified atom stereocenters. The van der Waals surface area contributed by atoms with Gasteiger partial charge in [-0.2, -0.15) is 8.42 Å². The zero-order valence-corrected chi connectivity index (χ0v) is 6.41. The molecular weight excluding hydrogens is 174 g/mol. The third-order valence-electron chi connectivity index (χ3n) is 1.32. The Kier molecular flexibility index (Phi) is 2.45. The maximum Gasteiger partial charge on any atom is 0.286 e. The molecule has 3 N–H and O–H groups in total. The maximum absolute atomic E-state index is 10.4. The van der Waals surface area contributed by atoms with Crippen molar-refractivity contribution < 1.29 is 22.8 Å². The van der Waals surface area contributed by atoms with Crippen LogP contribution in [0.1, 0.15) is 0 Å². The van der Waals surface area contributed by atoms with E-state index in [2.05, 4.69) is 10.1 Å². The van der Waals surface area contributed by atoms with Gasteiger partial charge < -0.3 is 9.84 Å². The molecule has 11 heavy (non-hydrogen) atoms. The Morgan fingerprint density at radius 1 is 1.55 bits per heavy atom. The van der Waals surface area contributed by atoms with E-state index in [1.165, 1.54) is 0 Å².